The Bertz CT molecular complexity index is 753. The van der Waals surface area contributed by atoms with Crippen molar-refractivity contribution in [1.29, 1.82) is 0 Å². The van der Waals surface area contributed by atoms with E-state index in [4.69, 9.17) is 0 Å². The number of nitrogens with one attached hydrogen (secondary N) is 2. The maximum absolute atomic E-state index is 10.6. The van der Waals surface area contributed by atoms with Crippen molar-refractivity contribution in [2.24, 2.45) is 4.99 Å². The second-order valence-electron chi connectivity index (χ2n) is 7.51. The van der Waals surface area contributed by atoms with Crippen molar-refractivity contribution in [3.05, 3.63) is 34.0 Å². The lowest BCUT2D eigenvalue weighted by Crippen LogP contribution is -2.39. The first kappa shape index (κ1) is 20.8. The van der Waals surface area contributed by atoms with Crippen molar-refractivity contribution in [3.8, 4) is 0 Å². The highest BCUT2D eigenvalue weighted by molar-refractivity contribution is 7.08. The molecule has 0 spiro atoms. The van der Waals surface area contributed by atoms with Gasteiger partial charge in [0.25, 0.3) is 0 Å². The summed E-state index contributed by atoms with van der Waals surface area (Å²) in [6.45, 7) is 6.79. The predicted molar refractivity (Wildman–Crippen MR) is 114 cm³/mol. The largest absolute Gasteiger partial charge is 0.383 e. The number of fused-ring (bicyclic) bond motifs is 1. The maximum Gasteiger partial charge on any atom is 0.191 e. The Balaban J connectivity index is 1.49. The molecular weight excluding hydrogens is 372 g/mol. The van der Waals surface area contributed by atoms with Gasteiger partial charge in [0.2, 0.25) is 0 Å². The van der Waals surface area contributed by atoms with Crippen LogP contribution in [0.2, 0.25) is 0 Å². The highest BCUT2D eigenvalue weighted by atomic mass is 32.1. The summed E-state index contributed by atoms with van der Waals surface area (Å²) in [6.07, 6.45) is 6.64. The van der Waals surface area contributed by atoms with Gasteiger partial charge in [-0.3, -0.25) is 0 Å². The van der Waals surface area contributed by atoms with Crippen LogP contribution in [0.1, 0.15) is 56.7 Å². The molecule has 1 aliphatic rings. The van der Waals surface area contributed by atoms with Crippen molar-refractivity contribution >= 4 is 17.3 Å². The molecule has 0 saturated carbocycles. The lowest BCUT2D eigenvalue weighted by atomic mass is 10.00. The number of aliphatic hydroxyl groups is 1. The molecule has 2 aromatic heterocycles. The zero-order chi connectivity index (χ0) is 19.8. The molecule has 154 valence electrons. The summed E-state index contributed by atoms with van der Waals surface area (Å²) < 4.78 is 2.31. The van der Waals surface area contributed by atoms with Crippen molar-refractivity contribution in [2.45, 2.75) is 64.5 Å². The van der Waals surface area contributed by atoms with Gasteiger partial charge in [0, 0.05) is 32.5 Å². The summed E-state index contributed by atoms with van der Waals surface area (Å²) in [7, 11) is 0. The van der Waals surface area contributed by atoms with Crippen molar-refractivity contribution < 1.29 is 5.11 Å². The van der Waals surface area contributed by atoms with Crippen LogP contribution in [-0.4, -0.2) is 45.5 Å². The van der Waals surface area contributed by atoms with Crippen LogP contribution in [0.25, 0.3) is 0 Å². The molecule has 3 rings (SSSR count). The molecule has 8 heteroatoms. The highest BCUT2D eigenvalue weighted by Gasteiger charge is 2.23. The van der Waals surface area contributed by atoms with Gasteiger partial charge >= 0.3 is 0 Å². The van der Waals surface area contributed by atoms with E-state index in [1.807, 2.05) is 23.8 Å². The molecule has 28 heavy (non-hydrogen) atoms. The number of rotatable bonds is 8. The molecule has 0 aliphatic carbocycles. The van der Waals surface area contributed by atoms with E-state index in [0.29, 0.717) is 6.54 Å². The number of hydrogen-bond donors (Lipinski definition) is 3. The average molecular weight is 405 g/mol. The summed E-state index contributed by atoms with van der Waals surface area (Å²) >= 11 is 1.58. The van der Waals surface area contributed by atoms with E-state index in [2.05, 4.69) is 30.4 Å². The Morgan fingerprint density at radius 3 is 3.00 bits per heavy atom. The lowest BCUT2D eigenvalue weighted by molar-refractivity contribution is 0.0677. The molecule has 3 heterocycles. The zero-order valence-electron chi connectivity index (χ0n) is 16.9. The van der Waals surface area contributed by atoms with Crippen molar-refractivity contribution in [2.75, 3.05) is 19.6 Å². The SMILES string of the molecule is CCNC(=NCC(C)(O)c1ccsc1)NCCCc1nnc2n1CCCCC2. The molecule has 0 saturated heterocycles. The number of aromatic nitrogens is 3. The van der Waals surface area contributed by atoms with Crippen LogP contribution in [0.3, 0.4) is 0 Å². The van der Waals surface area contributed by atoms with Gasteiger partial charge in [0.15, 0.2) is 5.96 Å². The first-order valence-electron chi connectivity index (χ1n) is 10.3. The van der Waals surface area contributed by atoms with Gasteiger partial charge < -0.3 is 20.3 Å². The fraction of sp³-hybridized carbons (Fsp3) is 0.650. The molecule has 0 fully saturated rings. The van der Waals surface area contributed by atoms with E-state index < -0.39 is 5.60 Å². The summed E-state index contributed by atoms with van der Waals surface area (Å²) in [5.41, 5.74) is -0.0499. The van der Waals surface area contributed by atoms with Crippen LogP contribution in [0, 0.1) is 0 Å². The second kappa shape index (κ2) is 10.0. The standard InChI is InChI=1S/C20H32N6OS/c1-3-21-19(23-15-20(2,27)16-10-13-28-14-16)22-11-7-9-18-25-24-17-8-5-4-6-12-26(17)18/h10,13-14,27H,3-9,11-12,15H2,1-2H3,(H2,21,22,23). The Morgan fingerprint density at radius 2 is 2.21 bits per heavy atom. The van der Waals surface area contributed by atoms with Crippen LogP contribution in [0.15, 0.2) is 21.8 Å². The highest BCUT2D eigenvalue weighted by Crippen LogP contribution is 2.23. The first-order valence-corrected chi connectivity index (χ1v) is 11.2. The van der Waals surface area contributed by atoms with E-state index in [1.54, 1.807) is 18.3 Å². The lowest BCUT2D eigenvalue weighted by Gasteiger charge is -2.21. The molecular formula is C20H32N6OS. The monoisotopic (exact) mass is 404 g/mol. The van der Waals surface area contributed by atoms with Gasteiger partial charge in [0.05, 0.1) is 6.54 Å². The van der Waals surface area contributed by atoms with E-state index >= 15 is 0 Å². The number of nitrogens with zero attached hydrogens (tertiary/aromatic N) is 4. The Morgan fingerprint density at radius 1 is 1.32 bits per heavy atom. The molecule has 7 nitrogen and oxygen atoms in total. The zero-order valence-corrected chi connectivity index (χ0v) is 17.8. The summed E-state index contributed by atoms with van der Waals surface area (Å²) in [5, 5.41) is 30.0. The Hall–Kier alpha value is -1.93. The maximum atomic E-state index is 10.6. The summed E-state index contributed by atoms with van der Waals surface area (Å²) in [5.74, 6) is 2.98. The molecule has 1 aliphatic heterocycles. The molecule has 1 unspecified atom stereocenters. The Kier molecular flexibility index (Phi) is 7.44. The van der Waals surface area contributed by atoms with Gasteiger partial charge in [0.1, 0.15) is 17.2 Å². The molecule has 1 atom stereocenters. The molecule has 0 radical (unpaired) electrons. The third-order valence-corrected chi connectivity index (χ3v) is 5.77. The number of aliphatic imine (C=N–C) groups is 1. The molecule has 0 aromatic carbocycles. The van der Waals surface area contributed by atoms with Crippen molar-refractivity contribution in [3.63, 3.8) is 0 Å². The van der Waals surface area contributed by atoms with E-state index in [0.717, 1.165) is 62.1 Å². The van der Waals surface area contributed by atoms with Crippen LogP contribution >= 0.6 is 11.3 Å². The third kappa shape index (κ3) is 5.54. The van der Waals surface area contributed by atoms with Gasteiger partial charge in [-0.05, 0) is 55.5 Å². The van der Waals surface area contributed by atoms with Gasteiger partial charge in [-0.25, -0.2) is 4.99 Å². The molecule has 2 aromatic rings. The fourth-order valence-electron chi connectivity index (χ4n) is 3.42. The minimum atomic E-state index is -0.957. The van der Waals surface area contributed by atoms with Crippen molar-refractivity contribution in [1.82, 2.24) is 25.4 Å². The van der Waals surface area contributed by atoms with Crippen LogP contribution in [0.5, 0.6) is 0 Å². The minimum absolute atomic E-state index is 0.316. The quantitative estimate of drug-likeness (QED) is 0.357. The van der Waals surface area contributed by atoms with Crippen LogP contribution < -0.4 is 10.6 Å². The first-order chi connectivity index (χ1) is 13.6. The molecule has 0 bridgehead atoms. The number of aryl methyl sites for hydroxylation is 2. The van der Waals surface area contributed by atoms with E-state index in [9.17, 15) is 5.11 Å². The molecule has 0 amide bonds. The predicted octanol–water partition coefficient (Wildman–Crippen LogP) is 2.46. The summed E-state index contributed by atoms with van der Waals surface area (Å²) in [6, 6.07) is 1.95. The van der Waals surface area contributed by atoms with Crippen LogP contribution in [-0.2, 0) is 25.0 Å². The number of guanidine groups is 1. The van der Waals surface area contributed by atoms with Gasteiger partial charge in [-0.2, -0.15) is 11.3 Å². The topological polar surface area (TPSA) is 87.4 Å². The third-order valence-electron chi connectivity index (χ3n) is 5.09. The molecule has 3 N–H and O–H groups in total. The average Bonchev–Trinajstić information content (AvgIpc) is 3.29. The Labute approximate surface area is 171 Å². The van der Waals surface area contributed by atoms with Gasteiger partial charge in [-0.1, -0.05) is 6.42 Å². The summed E-state index contributed by atoms with van der Waals surface area (Å²) in [4.78, 5) is 4.57. The normalized spacial score (nSPS) is 16.9. The fourth-order valence-corrected chi connectivity index (χ4v) is 4.20. The van der Waals surface area contributed by atoms with Crippen LogP contribution in [0.4, 0.5) is 0 Å². The van der Waals surface area contributed by atoms with E-state index in [-0.39, 0.29) is 0 Å². The van der Waals surface area contributed by atoms with Gasteiger partial charge in [-0.15, -0.1) is 10.2 Å². The smallest absolute Gasteiger partial charge is 0.191 e. The minimum Gasteiger partial charge on any atom is -0.383 e. The number of hydrogen-bond acceptors (Lipinski definition) is 5. The second-order valence-corrected chi connectivity index (χ2v) is 8.29. The van der Waals surface area contributed by atoms with E-state index in [1.165, 1.54) is 19.3 Å². The number of thiophene rings is 1.